The van der Waals surface area contributed by atoms with Crippen LogP contribution in [0.4, 0.5) is 5.69 Å². The van der Waals surface area contributed by atoms with Crippen LogP contribution in [0.3, 0.4) is 0 Å². The molecule has 41 heavy (non-hydrogen) atoms. The van der Waals surface area contributed by atoms with E-state index in [2.05, 4.69) is 39.0 Å². The number of carboxylic acids is 2. The first kappa shape index (κ1) is 30.1. The molecule has 1 fully saturated rings. The molecule has 2 aliphatic rings. The molecule has 1 saturated heterocycles. The van der Waals surface area contributed by atoms with Crippen molar-refractivity contribution in [3.8, 4) is 5.75 Å². The van der Waals surface area contributed by atoms with Crippen molar-refractivity contribution in [3.63, 3.8) is 0 Å². The van der Waals surface area contributed by atoms with E-state index in [1.165, 1.54) is 5.56 Å². The summed E-state index contributed by atoms with van der Waals surface area (Å²) in [5.41, 5.74) is 3.43. The van der Waals surface area contributed by atoms with Gasteiger partial charge in [0.05, 0.1) is 24.2 Å². The fourth-order valence-electron chi connectivity index (χ4n) is 5.76. The number of carbonyl (C=O) groups is 2. The van der Waals surface area contributed by atoms with Gasteiger partial charge >= 0.3 is 11.9 Å². The summed E-state index contributed by atoms with van der Waals surface area (Å²) >= 11 is 5.50. The Morgan fingerprint density at radius 3 is 2.27 bits per heavy atom. The highest BCUT2D eigenvalue weighted by molar-refractivity contribution is 7.80. The van der Waals surface area contributed by atoms with Crippen LogP contribution in [0.25, 0.3) is 0 Å². The van der Waals surface area contributed by atoms with Gasteiger partial charge in [0.2, 0.25) is 0 Å². The lowest BCUT2D eigenvalue weighted by molar-refractivity contribution is -0.133. The van der Waals surface area contributed by atoms with E-state index < -0.39 is 17.9 Å². The first-order valence-corrected chi connectivity index (χ1v) is 14.2. The predicted molar refractivity (Wildman–Crippen MR) is 163 cm³/mol. The lowest BCUT2D eigenvalue weighted by atomic mass is 9.80. The highest BCUT2D eigenvalue weighted by atomic mass is 32.1. The standard InChI is InChI=1S/C31H38N4O5S/c1-19-26(29(36)37)28(27(30(38)39)20(2)33-19)23-8-4-9-24(17-23)34-31(41)32-13-6-14-35-15-11-21(12-16-35)22-7-5-10-25(18-22)40-3/h4-5,7-10,17-18,21,28,33H,6,11-16H2,1-3H3,(H,36,37)(H,38,39)(H2,32,34,41). The molecule has 2 aromatic carbocycles. The number of allylic oxidation sites excluding steroid dienone is 2. The molecule has 2 heterocycles. The predicted octanol–water partition coefficient (Wildman–Crippen LogP) is 4.66. The quantitative estimate of drug-likeness (QED) is 0.201. The number of rotatable bonds is 10. The van der Waals surface area contributed by atoms with Gasteiger partial charge in [0.1, 0.15) is 5.75 Å². The van der Waals surface area contributed by atoms with Crippen LogP contribution >= 0.6 is 12.2 Å². The Kier molecular flexibility index (Phi) is 10.0. The third kappa shape index (κ3) is 7.45. The lowest BCUT2D eigenvalue weighted by Gasteiger charge is -2.32. The monoisotopic (exact) mass is 578 g/mol. The minimum atomic E-state index is -1.16. The Morgan fingerprint density at radius 1 is 1.00 bits per heavy atom. The Balaban J connectivity index is 1.28. The van der Waals surface area contributed by atoms with E-state index in [4.69, 9.17) is 17.0 Å². The molecule has 0 unspecified atom stereocenters. The zero-order valence-electron chi connectivity index (χ0n) is 23.7. The number of carboxylic acid groups (broad SMARTS) is 2. The van der Waals surface area contributed by atoms with E-state index in [0.717, 1.165) is 44.6 Å². The Morgan fingerprint density at radius 2 is 1.63 bits per heavy atom. The second-order valence-corrected chi connectivity index (χ2v) is 10.9. The summed E-state index contributed by atoms with van der Waals surface area (Å²) in [5.74, 6) is -1.76. The molecule has 0 spiro atoms. The van der Waals surface area contributed by atoms with E-state index in [-0.39, 0.29) is 11.1 Å². The number of thiocarbonyl (C=S) groups is 1. The van der Waals surface area contributed by atoms with Crippen LogP contribution < -0.4 is 20.7 Å². The van der Waals surface area contributed by atoms with Crippen molar-refractivity contribution in [1.82, 2.24) is 15.5 Å². The topological polar surface area (TPSA) is 123 Å². The van der Waals surface area contributed by atoms with Gasteiger partial charge in [-0.3, -0.25) is 0 Å². The van der Waals surface area contributed by atoms with Crippen molar-refractivity contribution in [2.75, 3.05) is 38.6 Å². The van der Waals surface area contributed by atoms with Crippen LogP contribution in [-0.4, -0.2) is 65.5 Å². The maximum absolute atomic E-state index is 12.1. The molecule has 0 aliphatic carbocycles. The van der Waals surface area contributed by atoms with Crippen molar-refractivity contribution in [2.45, 2.75) is 44.9 Å². The van der Waals surface area contributed by atoms with Gasteiger partial charge in [0.15, 0.2) is 5.11 Å². The molecule has 5 N–H and O–H groups in total. The minimum Gasteiger partial charge on any atom is -0.497 e. The normalized spacial score (nSPS) is 16.8. The number of ether oxygens (including phenoxy) is 1. The van der Waals surface area contributed by atoms with Crippen LogP contribution in [0.5, 0.6) is 5.75 Å². The van der Waals surface area contributed by atoms with Crippen LogP contribution in [0.1, 0.15) is 56.1 Å². The van der Waals surface area contributed by atoms with Crippen LogP contribution in [0.15, 0.2) is 71.1 Å². The first-order valence-electron chi connectivity index (χ1n) is 13.8. The number of methoxy groups -OCH3 is 1. The van der Waals surface area contributed by atoms with Crippen molar-refractivity contribution in [2.24, 2.45) is 0 Å². The molecule has 2 aromatic rings. The molecule has 0 aromatic heterocycles. The molecule has 2 aliphatic heterocycles. The summed E-state index contributed by atoms with van der Waals surface area (Å²) in [6, 6.07) is 15.4. The van der Waals surface area contributed by atoms with E-state index in [1.807, 2.05) is 12.1 Å². The first-order chi connectivity index (χ1) is 19.7. The molecular weight excluding hydrogens is 540 g/mol. The van der Waals surface area contributed by atoms with Crippen molar-refractivity contribution in [1.29, 1.82) is 0 Å². The van der Waals surface area contributed by atoms with Gasteiger partial charge in [0, 0.05) is 23.6 Å². The fourth-order valence-corrected chi connectivity index (χ4v) is 5.98. The second kappa shape index (κ2) is 13.6. The number of hydrogen-bond acceptors (Lipinski definition) is 6. The van der Waals surface area contributed by atoms with Crippen LogP contribution in [-0.2, 0) is 9.59 Å². The van der Waals surface area contributed by atoms with E-state index >= 15 is 0 Å². The van der Waals surface area contributed by atoms with Crippen LogP contribution in [0.2, 0.25) is 0 Å². The minimum absolute atomic E-state index is 0.0124. The molecule has 4 rings (SSSR count). The maximum Gasteiger partial charge on any atom is 0.334 e. The summed E-state index contributed by atoms with van der Waals surface area (Å²) in [7, 11) is 1.70. The Bertz CT molecular complexity index is 1330. The zero-order chi connectivity index (χ0) is 29.5. The number of aliphatic carboxylic acids is 2. The number of likely N-dealkylation sites (tertiary alicyclic amines) is 1. The summed E-state index contributed by atoms with van der Waals surface area (Å²) in [6.45, 7) is 7.11. The number of nitrogens with one attached hydrogen (secondary N) is 3. The molecule has 0 saturated carbocycles. The number of hydrogen-bond donors (Lipinski definition) is 5. The Labute approximate surface area is 246 Å². The molecule has 10 heteroatoms. The van der Waals surface area contributed by atoms with Gasteiger partial charge in [-0.1, -0.05) is 24.3 Å². The molecule has 0 bridgehead atoms. The average molecular weight is 579 g/mol. The largest absolute Gasteiger partial charge is 0.497 e. The Hall–Kier alpha value is -3.89. The summed E-state index contributed by atoms with van der Waals surface area (Å²) in [5, 5.41) is 29.5. The number of piperidine rings is 1. The fraction of sp³-hybridized carbons (Fsp3) is 0.387. The average Bonchev–Trinajstić information content (AvgIpc) is 2.95. The van der Waals surface area contributed by atoms with Crippen molar-refractivity contribution in [3.05, 3.63) is 82.2 Å². The lowest BCUT2D eigenvalue weighted by Crippen LogP contribution is -2.36. The van der Waals surface area contributed by atoms with Gasteiger partial charge in [-0.2, -0.15) is 0 Å². The van der Waals surface area contributed by atoms with E-state index in [1.54, 1.807) is 39.2 Å². The highest BCUT2D eigenvalue weighted by Crippen LogP contribution is 2.39. The second-order valence-electron chi connectivity index (χ2n) is 10.5. The number of nitrogens with zero attached hydrogens (tertiary/aromatic N) is 1. The molecule has 0 atom stereocenters. The van der Waals surface area contributed by atoms with Gasteiger partial charge < -0.3 is 35.8 Å². The maximum atomic E-state index is 12.1. The van der Waals surface area contributed by atoms with E-state index in [9.17, 15) is 19.8 Å². The summed E-state index contributed by atoms with van der Waals surface area (Å²) < 4.78 is 5.37. The van der Waals surface area contributed by atoms with Gasteiger partial charge in [-0.05, 0) is 106 Å². The number of dihydropyridines is 1. The van der Waals surface area contributed by atoms with E-state index in [0.29, 0.717) is 40.2 Å². The number of anilines is 1. The molecule has 0 radical (unpaired) electrons. The highest BCUT2D eigenvalue weighted by Gasteiger charge is 2.36. The van der Waals surface area contributed by atoms with Crippen LogP contribution in [0, 0.1) is 0 Å². The molecule has 0 amide bonds. The molecule has 9 nitrogen and oxygen atoms in total. The van der Waals surface area contributed by atoms with Crippen molar-refractivity contribution >= 4 is 35.0 Å². The third-order valence-electron chi connectivity index (χ3n) is 7.79. The number of benzene rings is 2. The van der Waals surface area contributed by atoms with Gasteiger partial charge in [-0.15, -0.1) is 0 Å². The van der Waals surface area contributed by atoms with Crippen molar-refractivity contribution < 1.29 is 24.5 Å². The van der Waals surface area contributed by atoms with Gasteiger partial charge in [-0.25, -0.2) is 9.59 Å². The summed E-state index contributed by atoms with van der Waals surface area (Å²) in [6.07, 6.45) is 3.20. The van der Waals surface area contributed by atoms with Gasteiger partial charge in [0.25, 0.3) is 0 Å². The molecule has 218 valence electrons. The SMILES string of the molecule is COc1cccc(C2CCN(CCCNC(=S)Nc3cccc(C4C(C(=O)O)=C(C)NC(C)=C4C(=O)O)c3)CC2)c1. The summed E-state index contributed by atoms with van der Waals surface area (Å²) in [4.78, 5) is 26.7. The zero-order valence-corrected chi connectivity index (χ0v) is 24.5. The third-order valence-corrected chi connectivity index (χ3v) is 8.03. The molecular formula is C31H38N4O5S. The smallest absolute Gasteiger partial charge is 0.334 e.